The zero-order valence-electron chi connectivity index (χ0n) is 25.2. The Morgan fingerprint density at radius 2 is 1.93 bits per heavy atom. The summed E-state index contributed by atoms with van der Waals surface area (Å²) in [6.45, 7) is 6.89. The zero-order valence-corrected chi connectivity index (χ0v) is 26.8. The highest BCUT2D eigenvalue weighted by molar-refractivity contribution is 7.98. The van der Waals surface area contributed by atoms with Gasteiger partial charge in [0.2, 0.25) is 0 Å². The highest BCUT2D eigenvalue weighted by Gasteiger charge is 2.39. The van der Waals surface area contributed by atoms with Crippen LogP contribution in [0.15, 0.2) is 48.6 Å². The molecule has 2 fully saturated rings. The number of halogens is 1. The number of ether oxygens (including phenoxy) is 2. The minimum Gasteiger partial charge on any atom is -0.491 e. The van der Waals surface area contributed by atoms with Gasteiger partial charge in [-0.2, -0.15) is 0 Å². The second kappa shape index (κ2) is 13.2. The topological polar surface area (TPSA) is 50.8 Å². The summed E-state index contributed by atoms with van der Waals surface area (Å²) < 4.78 is 15.8. The third-order valence-corrected chi connectivity index (χ3v) is 11.6. The predicted molar refractivity (Wildman–Crippen MR) is 174 cm³/mol. The van der Waals surface area contributed by atoms with Crippen LogP contribution in [0.1, 0.15) is 79.8 Å². The molecule has 0 saturated heterocycles. The second-order valence-electron chi connectivity index (χ2n) is 12.9. The number of anilines is 1. The summed E-state index contributed by atoms with van der Waals surface area (Å²) in [7, 11) is 1.86. The summed E-state index contributed by atoms with van der Waals surface area (Å²) in [6.07, 6.45) is 12.7. The van der Waals surface area contributed by atoms with Gasteiger partial charge in [0.1, 0.15) is 5.75 Å². The number of benzene rings is 2. The first-order valence-corrected chi connectivity index (χ1v) is 17.2. The third-order valence-electron chi connectivity index (χ3n) is 9.90. The third kappa shape index (κ3) is 6.51. The summed E-state index contributed by atoms with van der Waals surface area (Å²) >= 11 is 8.06. The molecule has 2 heterocycles. The van der Waals surface area contributed by atoms with E-state index in [4.69, 9.17) is 21.1 Å². The number of allylic oxidation sites excluding steroid dienone is 1. The van der Waals surface area contributed by atoms with Gasteiger partial charge in [-0.1, -0.05) is 50.1 Å². The number of fused-ring (bicyclic) bond motifs is 2. The largest absolute Gasteiger partial charge is 0.491 e. The average molecular weight is 609 g/mol. The van der Waals surface area contributed by atoms with Crippen LogP contribution in [0.5, 0.6) is 5.75 Å². The lowest BCUT2D eigenvalue weighted by Gasteiger charge is -2.43. The number of methoxy groups -OCH3 is 1. The monoisotopic (exact) mass is 608 g/mol. The number of carbonyl (C=O) groups is 1. The van der Waals surface area contributed by atoms with Crippen molar-refractivity contribution >= 4 is 35.1 Å². The molecule has 6 atom stereocenters. The van der Waals surface area contributed by atoms with Gasteiger partial charge in [0.25, 0.3) is 5.91 Å². The fraction of sp³-hybridized carbons (Fsp3) is 0.571. The van der Waals surface area contributed by atoms with Crippen molar-refractivity contribution in [3.05, 3.63) is 70.3 Å². The minimum atomic E-state index is -0.0204. The number of rotatable bonds is 5. The summed E-state index contributed by atoms with van der Waals surface area (Å²) in [6, 6.07) is 12.3. The molecule has 2 aliphatic heterocycles. The first-order valence-electron chi connectivity index (χ1n) is 15.9. The van der Waals surface area contributed by atoms with E-state index in [-0.39, 0.29) is 17.9 Å². The van der Waals surface area contributed by atoms with Gasteiger partial charge in [0.15, 0.2) is 0 Å². The molecule has 2 aromatic rings. The molecule has 2 aromatic carbocycles. The molecule has 1 N–H and O–H groups in total. The van der Waals surface area contributed by atoms with Crippen LogP contribution in [-0.4, -0.2) is 44.1 Å². The fourth-order valence-corrected chi connectivity index (χ4v) is 8.60. The van der Waals surface area contributed by atoms with E-state index >= 15 is 0 Å². The van der Waals surface area contributed by atoms with Crippen molar-refractivity contribution in [3.8, 4) is 5.75 Å². The number of hydrogen-bond acceptors (Lipinski definition) is 5. The van der Waals surface area contributed by atoms with Gasteiger partial charge in [-0.25, -0.2) is 0 Å². The number of aryl methyl sites for hydroxylation is 1. The summed E-state index contributed by atoms with van der Waals surface area (Å²) in [5, 5.41) is 1.20. The molecule has 4 aliphatic rings. The standard InChI is InChI=1S/C35H45ClN2O3S/c1-4-6-24-17-28(36)13-15-29(24)27-20-38-19-26-11-14-30(26)32(40-3)8-5-7-22(2)34(23-9-10-23)42-37-35(39)25-12-16-33(41-21-27)31(38)18-25/h5,8,12-13,15-18,22-23,26-27,30,32,34H,4,6-7,9-11,14,19-21H2,1-3H3,(H,37,39)/b8-5+/t22-,26?,27?,30?,32?,34?/m1/s1. The van der Waals surface area contributed by atoms with E-state index < -0.39 is 0 Å². The van der Waals surface area contributed by atoms with Crippen molar-refractivity contribution in [1.29, 1.82) is 0 Å². The molecule has 5 nitrogen and oxygen atoms in total. The number of carbonyl (C=O) groups excluding carboxylic acids is 1. The Bertz CT molecular complexity index is 1300. The number of hydrogen-bond donors (Lipinski definition) is 1. The van der Waals surface area contributed by atoms with Crippen LogP contribution in [0.3, 0.4) is 0 Å². The molecule has 0 spiro atoms. The van der Waals surface area contributed by atoms with Gasteiger partial charge in [0, 0.05) is 42.0 Å². The molecule has 0 aromatic heterocycles. The Hall–Kier alpha value is -2.15. The van der Waals surface area contributed by atoms with Gasteiger partial charge < -0.3 is 14.4 Å². The van der Waals surface area contributed by atoms with E-state index in [1.165, 1.54) is 36.8 Å². The normalized spacial score (nSPS) is 30.8. The first kappa shape index (κ1) is 29.9. The van der Waals surface area contributed by atoms with Crippen molar-refractivity contribution in [3.63, 3.8) is 0 Å². The molecule has 226 valence electrons. The first-order chi connectivity index (χ1) is 20.4. The zero-order chi connectivity index (χ0) is 29.2. The number of amides is 1. The molecule has 42 heavy (non-hydrogen) atoms. The summed E-state index contributed by atoms with van der Waals surface area (Å²) in [5.74, 6) is 3.22. The highest BCUT2D eigenvalue weighted by Crippen LogP contribution is 2.45. The van der Waals surface area contributed by atoms with Crippen LogP contribution in [0.25, 0.3) is 0 Å². The van der Waals surface area contributed by atoms with Crippen LogP contribution < -0.4 is 14.4 Å². The van der Waals surface area contributed by atoms with Gasteiger partial charge in [-0.05, 0) is 116 Å². The Labute approximate surface area is 260 Å². The van der Waals surface area contributed by atoms with E-state index in [0.29, 0.717) is 41.1 Å². The minimum absolute atomic E-state index is 0.0204. The van der Waals surface area contributed by atoms with Gasteiger partial charge in [-0.15, -0.1) is 0 Å². The number of nitrogens with zero attached hydrogens (tertiary/aromatic N) is 1. The highest BCUT2D eigenvalue weighted by atomic mass is 35.5. The lowest BCUT2D eigenvalue weighted by atomic mass is 9.70. The van der Waals surface area contributed by atoms with Crippen molar-refractivity contribution in [2.24, 2.45) is 23.7 Å². The lowest BCUT2D eigenvalue weighted by molar-refractivity contribution is 0.0134. The second-order valence-corrected chi connectivity index (χ2v) is 14.3. The smallest absolute Gasteiger partial charge is 0.261 e. The van der Waals surface area contributed by atoms with Crippen molar-refractivity contribution in [1.82, 2.24) is 4.72 Å². The fourth-order valence-electron chi connectivity index (χ4n) is 7.23. The van der Waals surface area contributed by atoms with Crippen LogP contribution in [0, 0.1) is 23.7 Å². The molecular weight excluding hydrogens is 564 g/mol. The van der Waals surface area contributed by atoms with E-state index in [1.807, 2.05) is 25.3 Å². The molecule has 0 radical (unpaired) electrons. The van der Waals surface area contributed by atoms with Crippen molar-refractivity contribution < 1.29 is 14.3 Å². The Morgan fingerprint density at radius 1 is 1.10 bits per heavy atom. The van der Waals surface area contributed by atoms with E-state index in [1.54, 1.807) is 11.9 Å². The maximum absolute atomic E-state index is 13.5. The Balaban J connectivity index is 1.35. The maximum atomic E-state index is 13.5. The molecule has 5 unspecified atom stereocenters. The Morgan fingerprint density at radius 3 is 2.67 bits per heavy atom. The van der Waals surface area contributed by atoms with Crippen molar-refractivity contribution in [2.75, 3.05) is 31.7 Å². The van der Waals surface area contributed by atoms with E-state index in [0.717, 1.165) is 48.8 Å². The summed E-state index contributed by atoms with van der Waals surface area (Å²) in [5.41, 5.74) is 4.34. The van der Waals surface area contributed by atoms with Gasteiger partial charge in [-0.3, -0.25) is 9.52 Å². The molecule has 7 heteroatoms. The van der Waals surface area contributed by atoms with Crippen LogP contribution in [0.4, 0.5) is 5.69 Å². The molecule has 1 amide bonds. The van der Waals surface area contributed by atoms with Crippen LogP contribution in [-0.2, 0) is 11.2 Å². The Kier molecular flexibility index (Phi) is 9.42. The molecule has 2 aliphatic carbocycles. The lowest BCUT2D eigenvalue weighted by Crippen LogP contribution is -2.44. The maximum Gasteiger partial charge on any atom is 0.261 e. The molecular formula is C35H45ClN2O3S. The van der Waals surface area contributed by atoms with Gasteiger partial charge >= 0.3 is 0 Å². The SMILES string of the molecule is CCCc1cc(Cl)ccc1C1COc2ccc3cc2N(C1)CC1CCC1C(OC)/C=C/C[C@@H](C)C(C1CC1)SNC3=O. The average Bonchev–Trinajstić information content (AvgIpc) is 3.82. The number of nitrogens with one attached hydrogen (secondary N) is 1. The molecule has 6 rings (SSSR count). The summed E-state index contributed by atoms with van der Waals surface area (Å²) in [4.78, 5) is 16.0. The quantitative estimate of drug-likeness (QED) is 0.275. The van der Waals surface area contributed by atoms with E-state index in [9.17, 15) is 4.79 Å². The van der Waals surface area contributed by atoms with Gasteiger partial charge in [0.05, 0.1) is 18.4 Å². The molecule has 2 saturated carbocycles. The van der Waals surface area contributed by atoms with E-state index in [2.05, 4.69) is 53.8 Å². The molecule has 2 bridgehead atoms. The predicted octanol–water partition coefficient (Wildman–Crippen LogP) is 8.07. The van der Waals surface area contributed by atoms with Crippen molar-refractivity contribution in [2.45, 2.75) is 76.1 Å². The van der Waals surface area contributed by atoms with Crippen LogP contribution in [0.2, 0.25) is 5.02 Å². The van der Waals surface area contributed by atoms with Crippen LogP contribution >= 0.6 is 23.5 Å².